The first kappa shape index (κ1) is 12.5. The van der Waals surface area contributed by atoms with E-state index in [0.717, 1.165) is 18.4 Å². The third kappa shape index (κ3) is 1.90. The molecule has 3 rings (SSSR count). The molecule has 1 aromatic heterocycles. The standard InChI is InChI=1S/C17H21NO/c1-17(2,3)16(19)18-14-10-6-4-8-12(14)13-9-5-7-11-15(13)18/h4,6,8,10H,5,7,9,11H2,1-3H3. The van der Waals surface area contributed by atoms with Crippen molar-refractivity contribution >= 4 is 16.8 Å². The quantitative estimate of drug-likeness (QED) is 0.691. The molecule has 0 radical (unpaired) electrons. The molecule has 1 aliphatic carbocycles. The first-order valence-corrected chi connectivity index (χ1v) is 7.16. The summed E-state index contributed by atoms with van der Waals surface area (Å²) < 4.78 is 1.99. The second kappa shape index (κ2) is 4.22. The fourth-order valence-electron chi connectivity index (χ4n) is 3.06. The van der Waals surface area contributed by atoms with Crippen molar-refractivity contribution in [2.45, 2.75) is 46.5 Å². The van der Waals surface area contributed by atoms with E-state index >= 15 is 0 Å². The number of carbonyl (C=O) groups excluding carboxylic acids is 1. The Morgan fingerprint density at radius 1 is 1.11 bits per heavy atom. The minimum absolute atomic E-state index is 0.215. The monoisotopic (exact) mass is 255 g/mol. The SMILES string of the molecule is CC(C)(C)C(=O)n1c2c(c3ccccc31)CCCC2. The molecule has 0 bridgehead atoms. The predicted octanol–water partition coefficient (Wildman–Crippen LogP) is 4.21. The van der Waals surface area contributed by atoms with Crippen LogP contribution in [0, 0.1) is 5.41 Å². The van der Waals surface area contributed by atoms with Crippen molar-refractivity contribution in [3.63, 3.8) is 0 Å². The van der Waals surface area contributed by atoms with Crippen molar-refractivity contribution in [1.29, 1.82) is 0 Å². The summed E-state index contributed by atoms with van der Waals surface area (Å²) in [7, 11) is 0. The van der Waals surface area contributed by atoms with Gasteiger partial charge in [0.1, 0.15) is 0 Å². The summed E-state index contributed by atoms with van der Waals surface area (Å²) in [6.07, 6.45) is 4.58. The van der Waals surface area contributed by atoms with Crippen LogP contribution in [-0.4, -0.2) is 10.5 Å². The number of rotatable bonds is 0. The van der Waals surface area contributed by atoms with Crippen molar-refractivity contribution in [1.82, 2.24) is 4.57 Å². The highest BCUT2D eigenvalue weighted by molar-refractivity contribution is 5.98. The van der Waals surface area contributed by atoms with E-state index in [9.17, 15) is 4.79 Å². The van der Waals surface area contributed by atoms with Crippen molar-refractivity contribution in [3.8, 4) is 0 Å². The third-order valence-electron chi connectivity index (χ3n) is 4.02. The Bertz CT molecular complexity index is 643. The van der Waals surface area contributed by atoms with Gasteiger partial charge in [0.2, 0.25) is 5.91 Å². The zero-order valence-electron chi connectivity index (χ0n) is 12.0. The third-order valence-corrected chi connectivity index (χ3v) is 4.02. The highest BCUT2D eigenvalue weighted by atomic mass is 16.2. The first-order chi connectivity index (χ1) is 9.00. The molecule has 2 nitrogen and oxygen atoms in total. The van der Waals surface area contributed by atoms with Gasteiger partial charge in [0.15, 0.2) is 0 Å². The molecule has 19 heavy (non-hydrogen) atoms. The van der Waals surface area contributed by atoms with Crippen molar-refractivity contribution in [2.24, 2.45) is 5.41 Å². The van der Waals surface area contributed by atoms with Crippen LogP contribution in [0.2, 0.25) is 0 Å². The zero-order valence-corrected chi connectivity index (χ0v) is 12.0. The van der Waals surface area contributed by atoms with Gasteiger partial charge in [-0.25, -0.2) is 0 Å². The first-order valence-electron chi connectivity index (χ1n) is 7.16. The summed E-state index contributed by atoms with van der Waals surface area (Å²) in [5.74, 6) is 0.215. The lowest BCUT2D eigenvalue weighted by molar-refractivity contribution is 0.0768. The van der Waals surface area contributed by atoms with Gasteiger partial charge in [-0.3, -0.25) is 9.36 Å². The van der Waals surface area contributed by atoms with Crippen molar-refractivity contribution < 1.29 is 4.79 Å². The molecular formula is C17H21NO. The van der Waals surface area contributed by atoms with Crippen LogP contribution in [0.3, 0.4) is 0 Å². The smallest absolute Gasteiger partial charge is 0.236 e. The van der Waals surface area contributed by atoms with Gasteiger partial charge in [-0.2, -0.15) is 0 Å². The number of hydrogen-bond donors (Lipinski definition) is 0. The normalized spacial score (nSPS) is 15.5. The number of nitrogens with zero attached hydrogens (tertiary/aromatic N) is 1. The molecule has 0 saturated carbocycles. The molecule has 1 aromatic carbocycles. The Balaban J connectivity index is 2.32. The van der Waals surface area contributed by atoms with Crippen LogP contribution < -0.4 is 0 Å². The van der Waals surface area contributed by atoms with E-state index < -0.39 is 0 Å². The zero-order chi connectivity index (χ0) is 13.6. The Hall–Kier alpha value is -1.57. The number of aryl methyl sites for hydroxylation is 1. The molecule has 100 valence electrons. The highest BCUT2D eigenvalue weighted by Crippen LogP contribution is 2.34. The van der Waals surface area contributed by atoms with Crippen LogP contribution >= 0.6 is 0 Å². The Morgan fingerprint density at radius 3 is 2.53 bits per heavy atom. The molecule has 0 atom stereocenters. The average molecular weight is 255 g/mol. The van der Waals surface area contributed by atoms with Gasteiger partial charge < -0.3 is 0 Å². The Labute approximate surface area is 114 Å². The molecule has 0 saturated heterocycles. The minimum atomic E-state index is -0.340. The molecule has 0 N–H and O–H groups in total. The largest absolute Gasteiger partial charge is 0.283 e. The van der Waals surface area contributed by atoms with Crippen LogP contribution in [0.1, 0.15) is 49.7 Å². The van der Waals surface area contributed by atoms with Gasteiger partial charge in [-0.05, 0) is 37.3 Å². The van der Waals surface area contributed by atoms with Gasteiger partial charge in [0, 0.05) is 16.5 Å². The summed E-state index contributed by atoms with van der Waals surface area (Å²) in [6, 6.07) is 8.34. The number of hydrogen-bond acceptors (Lipinski definition) is 1. The number of para-hydroxylation sites is 1. The van der Waals surface area contributed by atoms with Crippen LogP contribution in [0.5, 0.6) is 0 Å². The van der Waals surface area contributed by atoms with Gasteiger partial charge in [-0.15, -0.1) is 0 Å². The number of aromatic nitrogens is 1. The highest BCUT2D eigenvalue weighted by Gasteiger charge is 2.29. The summed E-state index contributed by atoms with van der Waals surface area (Å²) in [5.41, 5.74) is 3.41. The number of carbonyl (C=O) groups is 1. The molecule has 0 spiro atoms. The lowest BCUT2D eigenvalue weighted by Gasteiger charge is -2.21. The predicted molar refractivity (Wildman–Crippen MR) is 78.7 cm³/mol. The summed E-state index contributed by atoms with van der Waals surface area (Å²) in [4.78, 5) is 12.8. The fraction of sp³-hybridized carbons (Fsp3) is 0.471. The van der Waals surface area contributed by atoms with Crippen LogP contribution in [0.25, 0.3) is 10.9 Å². The lowest BCUT2D eigenvalue weighted by atomic mass is 9.93. The van der Waals surface area contributed by atoms with Gasteiger partial charge in [0.25, 0.3) is 0 Å². The number of fused-ring (bicyclic) bond motifs is 3. The van der Waals surface area contributed by atoms with Crippen molar-refractivity contribution in [3.05, 3.63) is 35.5 Å². The second-order valence-corrected chi connectivity index (χ2v) is 6.54. The second-order valence-electron chi connectivity index (χ2n) is 6.54. The maximum atomic E-state index is 12.8. The van der Waals surface area contributed by atoms with E-state index in [1.807, 2.05) is 31.4 Å². The summed E-state index contributed by atoms with van der Waals surface area (Å²) >= 11 is 0. The summed E-state index contributed by atoms with van der Waals surface area (Å²) in [6.45, 7) is 6.00. The van der Waals surface area contributed by atoms with E-state index in [1.54, 1.807) is 0 Å². The van der Waals surface area contributed by atoms with Gasteiger partial charge >= 0.3 is 0 Å². The molecule has 0 fully saturated rings. The van der Waals surface area contributed by atoms with Crippen LogP contribution in [0.4, 0.5) is 0 Å². The topological polar surface area (TPSA) is 22.0 Å². The van der Waals surface area contributed by atoms with Crippen molar-refractivity contribution in [2.75, 3.05) is 0 Å². The fourth-order valence-corrected chi connectivity index (χ4v) is 3.06. The van der Waals surface area contributed by atoms with E-state index in [0.29, 0.717) is 0 Å². The van der Waals surface area contributed by atoms with E-state index in [-0.39, 0.29) is 11.3 Å². The molecule has 2 heteroatoms. The Morgan fingerprint density at radius 2 is 1.79 bits per heavy atom. The Kier molecular flexibility index (Phi) is 2.77. The molecule has 0 aliphatic heterocycles. The van der Waals surface area contributed by atoms with Gasteiger partial charge in [0.05, 0.1) is 5.52 Å². The molecule has 1 heterocycles. The molecule has 0 amide bonds. The minimum Gasteiger partial charge on any atom is -0.283 e. The molecular weight excluding hydrogens is 234 g/mol. The van der Waals surface area contributed by atoms with Gasteiger partial charge in [-0.1, -0.05) is 39.0 Å². The molecule has 1 aliphatic rings. The van der Waals surface area contributed by atoms with Crippen LogP contribution in [0.15, 0.2) is 24.3 Å². The van der Waals surface area contributed by atoms with E-state index in [2.05, 4.69) is 18.2 Å². The summed E-state index contributed by atoms with van der Waals surface area (Å²) in [5, 5.41) is 1.27. The molecule has 2 aromatic rings. The maximum Gasteiger partial charge on any atom is 0.236 e. The van der Waals surface area contributed by atoms with Crippen LogP contribution in [-0.2, 0) is 12.8 Å². The van der Waals surface area contributed by atoms with E-state index in [1.165, 1.54) is 29.5 Å². The number of benzene rings is 1. The average Bonchev–Trinajstić information content (AvgIpc) is 2.71. The maximum absolute atomic E-state index is 12.8. The van der Waals surface area contributed by atoms with E-state index in [4.69, 9.17) is 0 Å². The molecule has 0 unspecified atom stereocenters. The lowest BCUT2D eigenvalue weighted by Crippen LogP contribution is -2.28.